The third kappa shape index (κ3) is 4.42. The molecule has 3 aromatic carbocycles. The van der Waals surface area contributed by atoms with Gasteiger partial charge in [0.1, 0.15) is 0 Å². The van der Waals surface area contributed by atoms with Crippen LogP contribution in [0, 0.1) is 10.1 Å². The molecule has 0 atom stereocenters. The molecule has 0 aliphatic carbocycles. The Labute approximate surface area is 177 Å². The van der Waals surface area contributed by atoms with Crippen LogP contribution in [0.25, 0.3) is 22.4 Å². The van der Waals surface area contributed by atoms with E-state index in [9.17, 15) is 10.1 Å². The molecule has 148 valence electrons. The van der Waals surface area contributed by atoms with Crippen molar-refractivity contribution in [3.05, 3.63) is 99.9 Å². The highest BCUT2D eigenvalue weighted by Crippen LogP contribution is 2.26. The summed E-state index contributed by atoms with van der Waals surface area (Å²) in [7, 11) is 0. The van der Waals surface area contributed by atoms with Gasteiger partial charge in [0.05, 0.1) is 16.3 Å². The van der Waals surface area contributed by atoms with Gasteiger partial charge in [-0.05, 0) is 35.7 Å². The van der Waals surface area contributed by atoms with Crippen LogP contribution in [0.3, 0.4) is 0 Å². The molecule has 4 aromatic rings. The molecule has 1 N–H and O–H groups in total. The highest BCUT2D eigenvalue weighted by Gasteiger charge is 2.08. The first-order chi connectivity index (χ1) is 14.6. The molecule has 6 nitrogen and oxygen atoms in total. The lowest BCUT2D eigenvalue weighted by Crippen LogP contribution is -1.99. The Morgan fingerprint density at radius 3 is 2.23 bits per heavy atom. The Balaban J connectivity index is 1.44. The van der Waals surface area contributed by atoms with E-state index in [1.54, 1.807) is 12.1 Å². The largest absolute Gasteiger partial charge is 0.269 e. The van der Waals surface area contributed by atoms with E-state index in [0.29, 0.717) is 5.13 Å². The van der Waals surface area contributed by atoms with Gasteiger partial charge >= 0.3 is 0 Å². The molecular formula is C23H18N4O2S. The van der Waals surface area contributed by atoms with Crippen molar-refractivity contribution < 1.29 is 4.92 Å². The summed E-state index contributed by atoms with van der Waals surface area (Å²) in [4.78, 5) is 14.9. The summed E-state index contributed by atoms with van der Waals surface area (Å²) in [6.45, 7) is 1.94. The summed E-state index contributed by atoms with van der Waals surface area (Å²) in [5.74, 6) is 0. The molecule has 0 fully saturated rings. The average molecular weight is 414 g/mol. The third-order valence-electron chi connectivity index (χ3n) is 4.61. The zero-order valence-electron chi connectivity index (χ0n) is 16.1. The van der Waals surface area contributed by atoms with E-state index in [4.69, 9.17) is 0 Å². The van der Waals surface area contributed by atoms with Crippen LogP contribution >= 0.6 is 11.3 Å². The first-order valence-electron chi connectivity index (χ1n) is 9.27. The Morgan fingerprint density at radius 2 is 1.57 bits per heavy atom. The maximum atomic E-state index is 10.8. The van der Waals surface area contributed by atoms with E-state index in [1.165, 1.54) is 29.0 Å². The minimum absolute atomic E-state index is 0.0610. The SMILES string of the molecule is C/C(=N/Nc1nc(-c2ccc([N+](=O)[O-])cc2)cs1)c1ccc(-c2ccccc2)cc1. The molecule has 0 spiro atoms. The first-order valence-corrected chi connectivity index (χ1v) is 10.1. The number of thiazole rings is 1. The highest BCUT2D eigenvalue weighted by atomic mass is 32.1. The molecule has 1 aromatic heterocycles. The van der Waals surface area contributed by atoms with Gasteiger partial charge in [-0.15, -0.1) is 11.3 Å². The molecule has 0 saturated heterocycles. The van der Waals surface area contributed by atoms with Crippen LogP contribution in [0.15, 0.2) is 89.3 Å². The lowest BCUT2D eigenvalue weighted by Gasteiger charge is -2.05. The van der Waals surface area contributed by atoms with Gasteiger partial charge in [-0.25, -0.2) is 4.98 Å². The minimum Gasteiger partial charge on any atom is -0.258 e. The van der Waals surface area contributed by atoms with Gasteiger partial charge in [0, 0.05) is 23.1 Å². The lowest BCUT2D eigenvalue weighted by atomic mass is 10.0. The predicted molar refractivity (Wildman–Crippen MR) is 122 cm³/mol. The Bertz CT molecular complexity index is 1180. The van der Waals surface area contributed by atoms with E-state index in [2.05, 4.69) is 39.8 Å². The average Bonchev–Trinajstić information content (AvgIpc) is 3.27. The van der Waals surface area contributed by atoms with Crippen LogP contribution < -0.4 is 5.43 Å². The smallest absolute Gasteiger partial charge is 0.258 e. The molecule has 0 aliphatic rings. The van der Waals surface area contributed by atoms with Crippen molar-refractivity contribution in [2.45, 2.75) is 6.92 Å². The third-order valence-corrected chi connectivity index (χ3v) is 5.35. The number of non-ortho nitro benzene ring substituents is 1. The van der Waals surface area contributed by atoms with Crippen LogP contribution in [0.4, 0.5) is 10.8 Å². The van der Waals surface area contributed by atoms with E-state index in [1.807, 2.05) is 42.6 Å². The number of nitro benzene ring substituents is 1. The molecule has 4 rings (SSSR count). The molecule has 0 aliphatic heterocycles. The first kappa shape index (κ1) is 19.5. The van der Waals surface area contributed by atoms with Crippen LogP contribution in [0.5, 0.6) is 0 Å². The van der Waals surface area contributed by atoms with Crippen molar-refractivity contribution in [2.24, 2.45) is 5.10 Å². The van der Waals surface area contributed by atoms with Gasteiger partial charge in [0.2, 0.25) is 5.13 Å². The van der Waals surface area contributed by atoms with Crippen LogP contribution in [0.2, 0.25) is 0 Å². The number of hydrogen-bond acceptors (Lipinski definition) is 6. The van der Waals surface area contributed by atoms with Crippen molar-refractivity contribution in [1.29, 1.82) is 0 Å². The number of hydrogen-bond donors (Lipinski definition) is 1. The highest BCUT2D eigenvalue weighted by molar-refractivity contribution is 7.14. The van der Waals surface area contributed by atoms with Crippen LogP contribution in [0.1, 0.15) is 12.5 Å². The summed E-state index contributed by atoms with van der Waals surface area (Å²) in [5.41, 5.74) is 8.84. The summed E-state index contributed by atoms with van der Waals surface area (Å²) in [5, 5.41) is 17.8. The molecule has 7 heteroatoms. The molecule has 0 saturated carbocycles. The molecular weight excluding hydrogens is 396 g/mol. The number of hydrazone groups is 1. The van der Waals surface area contributed by atoms with E-state index in [-0.39, 0.29) is 5.69 Å². The number of nitro groups is 1. The van der Waals surface area contributed by atoms with Gasteiger partial charge in [-0.1, -0.05) is 54.6 Å². The van der Waals surface area contributed by atoms with Gasteiger partial charge < -0.3 is 0 Å². The molecule has 1 heterocycles. The second-order valence-electron chi connectivity index (χ2n) is 6.59. The quantitative estimate of drug-likeness (QED) is 0.231. The van der Waals surface area contributed by atoms with Crippen molar-refractivity contribution >= 4 is 27.9 Å². The van der Waals surface area contributed by atoms with E-state index in [0.717, 1.165) is 28.1 Å². The maximum Gasteiger partial charge on any atom is 0.269 e. The van der Waals surface area contributed by atoms with Crippen molar-refractivity contribution in [1.82, 2.24) is 4.98 Å². The molecule has 0 bridgehead atoms. The van der Waals surface area contributed by atoms with Gasteiger partial charge in [0.25, 0.3) is 5.69 Å². The lowest BCUT2D eigenvalue weighted by molar-refractivity contribution is -0.384. The van der Waals surface area contributed by atoms with Crippen molar-refractivity contribution in [2.75, 3.05) is 5.43 Å². The number of benzene rings is 3. The molecule has 0 radical (unpaired) electrons. The van der Waals surface area contributed by atoms with Crippen molar-refractivity contribution in [3.8, 4) is 22.4 Å². The Morgan fingerprint density at radius 1 is 0.933 bits per heavy atom. The fourth-order valence-corrected chi connectivity index (χ4v) is 3.60. The fraction of sp³-hybridized carbons (Fsp3) is 0.0435. The van der Waals surface area contributed by atoms with E-state index < -0.39 is 4.92 Å². The Hall–Kier alpha value is -3.84. The number of nitrogens with zero attached hydrogens (tertiary/aromatic N) is 3. The number of anilines is 1. The summed E-state index contributed by atoms with van der Waals surface area (Å²) in [6, 6.07) is 24.8. The standard InChI is InChI=1S/C23H18N4O2S/c1-16(17-7-9-19(10-8-17)18-5-3-2-4-6-18)25-26-23-24-22(15-30-23)20-11-13-21(14-12-20)27(28)29/h2-15H,1H3,(H,24,26)/b25-16-. The second kappa shape index (κ2) is 8.67. The summed E-state index contributed by atoms with van der Waals surface area (Å²) >= 11 is 1.43. The zero-order valence-corrected chi connectivity index (χ0v) is 17.0. The normalized spacial score (nSPS) is 11.3. The summed E-state index contributed by atoms with van der Waals surface area (Å²) in [6.07, 6.45) is 0. The van der Waals surface area contributed by atoms with Crippen LogP contribution in [-0.4, -0.2) is 15.6 Å². The second-order valence-corrected chi connectivity index (χ2v) is 7.45. The molecule has 30 heavy (non-hydrogen) atoms. The van der Waals surface area contributed by atoms with Gasteiger partial charge in [-0.3, -0.25) is 15.5 Å². The minimum atomic E-state index is -0.415. The number of nitrogens with one attached hydrogen (secondary N) is 1. The van der Waals surface area contributed by atoms with Crippen molar-refractivity contribution in [3.63, 3.8) is 0 Å². The van der Waals surface area contributed by atoms with Gasteiger partial charge in [-0.2, -0.15) is 5.10 Å². The number of rotatable bonds is 6. The number of aromatic nitrogens is 1. The van der Waals surface area contributed by atoms with E-state index >= 15 is 0 Å². The van der Waals surface area contributed by atoms with Gasteiger partial charge in [0.15, 0.2) is 0 Å². The monoisotopic (exact) mass is 414 g/mol. The predicted octanol–water partition coefficient (Wildman–Crippen LogP) is 6.22. The zero-order chi connectivity index (χ0) is 20.9. The fourth-order valence-electron chi connectivity index (χ4n) is 2.94. The topological polar surface area (TPSA) is 80.4 Å². The summed E-state index contributed by atoms with van der Waals surface area (Å²) < 4.78 is 0. The molecule has 0 unspecified atom stereocenters. The maximum absolute atomic E-state index is 10.8. The van der Waals surface area contributed by atoms with Crippen LogP contribution in [-0.2, 0) is 0 Å². The Kier molecular flexibility index (Phi) is 5.63. The molecule has 0 amide bonds.